The Morgan fingerprint density at radius 3 is 2.30 bits per heavy atom. The number of Topliss-reactive ketones (excluding diaryl/α,β-unsaturated/α-hetero) is 2. The van der Waals surface area contributed by atoms with E-state index in [-0.39, 0.29) is 6.61 Å². The molecule has 0 aromatic rings. The summed E-state index contributed by atoms with van der Waals surface area (Å²) in [6.45, 7) is 6.84. The van der Waals surface area contributed by atoms with Crippen molar-refractivity contribution >= 4 is 40.7 Å². The molecule has 0 saturated heterocycles. The Hall–Kier alpha value is -0.610. The van der Waals surface area contributed by atoms with E-state index in [1.807, 2.05) is 0 Å². The maximum atomic E-state index is 12.1. The first kappa shape index (κ1) is 15.8. The number of alkyl halides is 2. The molecule has 4 nitrogen and oxygen atoms in total. The zero-order valence-electron chi connectivity index (χ0n) is 11.9. The maximum absolute atomic E-state index is 12.1. The number of fused-ring (bicyclic) bond motifs is 1. The van der Waals surface area contributed by atoms with Crippen molar-refractivity contribution < 1.29 is 19.1 Å². The monoisotopic (exact) mass is 320 g/mol. The minimum Gasteiger partial charge on any atom is -0.464 e. The summed E-state index contributed by atoms with van der Waals surface area (Å²) in [5.41, 5.74) is -1.36. The highest BCUT2D eigenvalue weighted by Gasteiger charge is 2.72. The highest BCUT2D eigenvalue weighted by molar-refractivity contribution is 6.46. The van der Waals surface area contributed by atoms with Crippen molar-refractivity contribution in [2.75, 3.05) is 6.61 Å². The zero-order chi connectivity index (χ0) is 15.5. The topological polar surface area (TPSA) is 60.4 Å². The van der Waals surface area contributed by atoms with Gasteiger partial charge in [-0.25, -0.2) is 0 Å². The molecule has 2 fully saturated rings. The Kier molecular flexibility index (Phi) is 3.71. The van der Waals surface area contributed by atoms with E-state index in [0.717, 1.165) is 0 Å². The molecule has 2 aliphatic carbocycles. The van der Waals surface area contributed by atoms with Gasteiger partial charge < -0.3 is 4.74 Å². The highest BCUT2D eigenvalue weighted by Crippen LogP contribution is 2.61. The summed E-state index contributed by atoms with van der Waals surface area (Å²) in [4.78, 5) is 35.8. The molecule has 0 aromatic heterocycles. The van der Waals surface area contributed by atoms with Crippen molar-refractivity contribution in [2.45, 2.75) is 38.4 Å². The molecule has 20 heavy (non-hydrogen) atoms. The molecule has 0 radical (unpaired) electrons. The van der Waals surface area contributed by atoms with Gasteiger partial charge in [-0.2, -0.15) is 0 Å². The molecule has 2 aliphatic rings. The van der Waals surface area contributed by atoms with E-state index in [9.17, 15) is 14.4 Å². The van der Waals surface area contributed by atoms with Crippen LogP contribution in [0.5, 0.6) is 0 Å². The average Bonchev–Trinajstić information content (AvgIpc) is 2.52. The maximum Gasteiger partial charge on any atom is 0.311 e. The SMILES string of the molecule is CC(C)(C)C(=O)OC[C@H]1C(=O)C(=O)[C@@H]2[C@H](Cl)[C@H](Cl)[C@@]21C. The van der Waals surface area contributed by atoms with Crippen LogP contribution in [0.3, 0.4) is 0 Å². The predicted molar refractivity (Wildman–Crippen MR) is 74.8 cm³/mol. The van der Waals surface area contributed by atoms with Gasteiger partial charge in [-0.1, -0.05) is 6.92 Å². The van der Waals surface area contributed by atoms with Gasteiger partial charge in [-0.05, 0) is 20.8 Å². The third kappa shape index (κ3) is 2.00. The van der Waals surface area contributed by atoms with E-state index < -0.39 is 51.0 Å². The van der Waals surface area contributed by atoms with Crippen LogP contribution in [0.1, 0.15) is 27.7 Å². The minimum atomic E-state index is -0.708. The summed E-state index contributed by atoms with van der Waals surface area (Å²) < 4.78 is 5.20. The van der Waals surface area contributed by atoms with Crippen LogP contribution < -0.4 is 0 Å². The second-order valence-corrected chi connectivity index (χ2v) is 7.79. The second-order valence-electron chi connectivity index (χ2n) is 6.82. The van der Waals surface area contributed by atoms with Gasteiger partial charge in [-0.3, -0.25) is 14.4 Å². The van der Waals surface area contributed by atoms with Crippen LogP contribution in [-0.2, 0) is 19.1 Å². The molecule has 0 N–H and O–H groups in total. The summed E-state index contributed by atoms with van der Waals surface area (Å²) in [6, 6.07) is 0. The van der Waals surface area contributed by atoms with Crippen LogP contribution in [0.25, 0.3) is 0 Å². The van der Waals surface area contributed by atoms with Crippen molar-refractivity contribution in [1.29, 1.82) is 0 Å². The number of carbonyl (C=O) groups excluding carboxylic acids is 3. The van der Waals surface area contributed by atoms with Crippen molar-refractivity contribution in [3.8, 4) is 0 Å². The molecule has 0 bridgehead atoms. The molecule has 2 saturated carbocycles. The van der Waals surface area contributed by atoms with E-state index in [0.29, 0.717) is 0 Å². The zero-order valence-corrected chi connectivity index (χ0v) is 13.4. The highest BCUT2D eigenvalue weighted by atomic mass is 35.5. The van der Waals surface area contributed by atoms with Gasteiger partial charge >= 0.3 is 5.97 Å². The number of carbonyl (C=O) groups is 3. The standard InChI is InChI=1S/C14H18Cl2O4/c1-13(2,3)12(19)20-5-6-9(17)10(18)7-8(15)11(16)14(6,7)4/h6-8,11H,5H2,1-4H3/t6-,7-,8-,11-,14+/m0/s1. The van der Waals surface area contributed by atoms with Crippen molar-refractivity contribution in [1.82, 2.24) is 0 Å². The van der Waals surface area contributed by atoms with Gasteiger partial charge in [0.15, 0.2) is 0 Å². The molecule has 0 unspecified atom stereocenters. The predicted octanol–water partition coefficient (Wildman–Crippen LogP) is 2.19. The summed E-state index contributed by atoms with van der Waals surface area (Å²) in [5.74, 6) is -2.66. The lowest BCUT2D eigenvalue weighted by Crippen LogP contribution is -2.60. The fourth-order valence-electron chi connectivity index (χ4n) is 2.98. The molecule has 0 aliphatic heterocycles. The van der Waals surface area contributed by atoms with Crippen molar-refractivity contribution in [3.05, 3.63) is 0 Å². The van der Waals surface area contributed by atoms with Gasteiger partial charge in [-0.15, -0.1) is 23.2 Å². The number of hydrogen-bond acceptors (Lipinski definition) is 4. The lowest BCUT2D eigenvalue weighted by molar-refractivity contribution is -0.157. The Bertz CT molecular complexity index is 482. The number of esters is 1. The smallest absolute Gasteiger partial charge is 0.311 e. The van der Waals surface area contributed by atoms with E-state index >= 15 is 0 Å². The molecule has 112 valence electrons. The first-order valence-corrected chi connectivity index (χ1v) is 7.43. The first-order chi connectivity index (χ1) is 9.02. The van der Waals surface area contributed by atoms with Gasteiger partial charge in [0.2, 0.25) is 11.6 Å². The fourth-order valence-corrected chi connectivity index (χ4v) is 4.07. The number of hydrogen-bond donors (Lipinski definition) is 0. The third-order valence-corrected chi connectivity index (χ3v) is 5.82. The number of halogens is 2. The normalized spacial score (nSPS) is 40.3. The molecular formula is C14H18Cl2O4. The summed E-state index contributed by atoms with van der Waals surface area (Å²) in [6.07, 6.45) is 0. The van der Waals surface area contributed by atoms with Crippen LogP contribution in [0.2, 0.25) is 0 Å². The minimum absolute atomic E-state index is 0.111. The van der Waals surface area contributed by atoms with Gasteiger partial charge in [0, 0.05) is 5.41 Å². The first-order valence-electron chi connectivity index (χ1n) is 6.56. The Labute approximate surface area is 128 Å². The largest absolute Gasteiger partial charge is 0.464 e. The second kappa shape index (κ2) is 4.70. The Balaban J connectivity index is 2.14. The van der Waals surface area contributed by atoms with E-state index in [1.54, 1.807) is 27.7 Å². The van der Waals surface area contributed by atoms with Crippen LogP contribution in [0.4, 0.5) is 0 Å². The average molecular weight is 321 g/mol. The summed E-state index contributed by atoms with van der Waals surface area (Å²) in [7, 11) is 0. The molecule has 5 atom stereocenters. The van der Waals surface area contributed by atoms with Gasteiger partial charge in [0.1, 0.15) is 6.61 Å². The van der Waals surface area contributed by atoms with Crippen molar-refractivity contribution in [2.24, 2.45) is 22.7 Å². The lowest BCUT2D eigenvalue weighted by Gasteiger charge is -2.51. The molecule has 0 spiro atoms. The molecule has 0 amide bonds. The van der Waals surface area contributed by atoms with Gasteiger partial charge in [0.05, 0.1) is 28.0 Å². The Morgan fingerprint density at radius 2 is 1.80 bits per heavy atom. The number of ketones is 2. The molecule has 0 heterocycles. The lowest BCUT2D eigenvalue weighted by atomic mass is 9.59. The van der Waals surface area contributed by atoms with Crippen LogP contribution >= 0.6 is 23.2 Å². The molecule has 2 rings (SSSR count). The van der Waals surface area contributed by atoms with Crippen LogP contribution in [0, 0.1) is 22.7 Å². The third-order valence-electron chi connectivity index (χ3n) is 4.45. The summed E-state index contributed by atoms with van der Waals surface area (Å²) >= 11 is 12.2. The van der Waals surface area contributed by atoms with Crippen LogP contribution in [0.15, 0.2) is 0 Å². The quantitative estimate of drug-likeness (QED) is 0.444. The summed E-state index contributed by atoms with van der Waals surface area (Å²) in [5, 5.41) is -0.996. The Morgan fingerprint density at radius 1 is 1.25 bits per heavy atom. The van der Waals surface area contributed by atoms with Crippen molar-refractivity contribution in [3.63, 3.8) is 0 Å². The molecule has 6 heteroatoms. The fraction of sp³-hybridized carbons (Fsp3) is 0.786. The number of ether oxygens (including phenoxy) is 1. The van der Waals surface area contributed by atoms with E-state index in [4.69, 9.17) is 27.9 Å². The molecule has 0 aromatic carbocycles. The van der Waals surface area contributed by atoms with E-state index in [2.05, 4.69) is 0 Å². The number of rotatable bonds is 2. The molecular weight excluding hydrogens is 303 g/mol. The van der Waals surface area contributed by atoms with Crippen LogP contribution in [-0.4, -0.2) is 34.9 Å². The van der Waals surface area contributed by atoms with E-state index in [1.165, 1.54) is 0 Å². The van der Waals surface area contributed by atoms with Gasteiger partial charge in [0.25, 0.3) is 0 Å².